The van der Waals surface area contributed by atoms with Crippen LogP contribution in [0, 0.1) is 0 Å². The lowest BCUT2D eigenvalue weighted by molar-refractivity contribution is -0.121. The van der Waals surface area contributed by atoms with Gasteiger partial charge in [-0.2, -0.15) is 0 Å². The molecule has 0 radical (unpaired) electrons. The third kappa shape index (κ3) is 5.93. The second-order valence-corrected chi connectivity index (χ2v) is 6.90. The molecular formula is C17H24Cl2N4O3S. The molecule has 0 aliphatic carbocycles. The zero-order chi connectivity index (χ0) is 17.6. The van der Waals surface area contributed by atoms with Gasteiger partial charge >= 0.3 is 0 Å². The minimum Gasteiger partial charge on any atom is -0.472 e. The van der Waals surface area contributed by atoms with Gasteiger partial charge in [0.25, 0.3) is 5.91 Å². The number of amides is 2. The molecule has 0 bridgehead atoms. The van der Waals surface area contributed by atoms with Gasteiger partial charge in [0.1, 0.15) is 17.0 Å². The molecule has 2 amide bonds. The van der Waals surface area contributed by atoms with Crippen LogP contribution in [0.15, 0.2) is 28.4 Å². The number of nitrogens with zero attached hydrogens (tertiary/aromatic N) is 2. The van der Waals surface area contributed by atoms with Crippen LogP contribution >= 0.6 is 36.2 Å². The smallest absolute Gasteiger partial charge is 0.273 e. The molecule has 0 aromatic carbocycles. The van der Waals surface area contributed by atoms with E-state index in [2.05, 4.69) is 10.3 Å². The quantitative estimate of drug-likeness (QED) is 0.727. The highest BCUT2D eigenvalue weighted by Crippen LogP contribution is 2.26. The van der Waals surface area contributed by atoms with E-state index in [4.69, 9.17) is 10.2 Å². The molecule has 1 saturated heterocycles. The van der Waals surface area contributed by atoms with Gasteiger partial charge in [0, 0.05) is 43.0 Å². The molecular weight excluding hydrogens is 411 g/mol. The Morgan fingerprint density at radius 2 is 2.19 bits per heavy atom. The first-order valence-corrected chi connectivity index (χ1v) is 9.33. The van der Waals surface area contributed by atoms with E-state index in [1.54, 1.807) is 17.9 Å². The summed E-state index contributed by atoms with van der Waals surface area (Å²) in [7, 11) is 0. The maximum absolute atomic E-state index is 12.9. The van der Waals surface area contributed by atoms with Crippen molar-refractivity contribution in [2.45, 2.75) is 31.7 Å². The first kappa shape index (κ1) is 23.4. The summed E-state index contributed by atoms with van der Waals surface area (Å²) < 4.78 is 5.07. The third-order valence-electron chi connectivity index (χ3n) is 4.29. The van der Waals surface area contributed by atoms with Gasteiger partial charge in [0.05, 0.1) is 6.26 Å². The van der Waals surface area contributed by atoms with Crippen molar-refractivity contribution in [1.29, 1.82) is 0 Å². The molecule has 2 aromatic rings. The number of likely N-dealkylation sites (tertiary alicyclic amines) is 1. The fraction of sp³-hybridized carbons (Fsp3) is 0.471. The van der Waals surface area contributed by atoms with Crippen molar-refractivity contribution in [3.05, 3.63) is 29.7 Å². The van der Waals surface area contributed by atoms with Crippen LogP contribution in [-0.4, -0.2) is 47.4 Å². The van der Waals surface area contributed by atoms with Crippen molar-refractivity contribution in [3.8, 4) is 10.6 Å². The Kier molecular flexibility index (Phi) is 9.79. The van der Waals surface area contributed by atoms with Gasteiger partial charge in [0.2, 0.25) is 5.91 Å². The van der Waals surface area contributed by atoms with Crippen molar-refractivity contribution >= 4 is 48.0 Å². The molecule has 1 atom stereocenters. The zero-order valence-corrected chi connectivity index (χ0v) is 17.2. The predicted molar refractivity (Wildman–Crippen MR) is 110 cm³/mol. The Morgan fingerprint density at radius 1 is 1.37 bits per heavy atom. The number of carbonyl (C=O) groups is 2. The van der Waals surface area contributed by atoms with E-state index in [9.17, 15) is 9.59 Å². The molecule has 7 nitrogen and oxygen atoms in total. The summed E-state index contributed by atoms with van der Waals surface area (Å²) in [6.07, 6.45) is 6.41. The molecule has 1 aliphatic heterocycles. The fourth-order valence-electron chi connectivity index (χ4n) is 2.97. The van der Waals surface area contributed by atoms with Crippen LogP contribution in [0.2, 0.25) is 0 Å². The molecule has 0 spiro atoms. The van der Waals surface area contributed by atoms with E-state index in [-0.39, 0.29) is 42.7 Å². The Balaban J connectivity index is 0.00000182. The van der Waals surface area contributed by atoms with E-state index in [0.29, 0.717) is 31.7 Å². The molecule has 1 fully saturated rings. The maximum Gasteiger partial charge on any atom is 0.273 e. The lowest BCUT2D eigenvalue weighted by atomic mass is 10.0. The molecule has 150 valence electrons. The van der Waals surface area contributed by atoms with Gasteiger partial charge in [-0.05, 0) is 25.3 Å². The van der Waals surface area contributed by atoms with E-state index in [1.807, 2.05) is 11.0 Å². The summed E-state index contributed by atoms with van der Waals surface area (Å²) in [6.45, 7) is 1.48. The third-order valence-corrected chi connectivity index (χ3v) is 5.18. The lowest BCUT2D eigenvalue weighted by Gasteiger charge is -2.35. The summed E-state index contributed by atoms with van der Waals surface area (Å²) in [5.41, 5.74) is 6.71. The average molecular weight is 435 g/mol. The predicted octanol–water partition coefficient (Wildman–Crippen LogP) is 2.71. The molecule has 2 aromatic heterocycles. The Bertz CT molecular complexity index is 724. The molecule has 3 rings (SSSR count). The summed E-state index contributed by atoms with van der Waals surface area (Å²) in [5, 5.41) is 5.42. The topological polar surface area (TPSA) is 101 Å². The molecule has 3 heterocycles. The zero-order valence-electron chi connectivity index (χ0n) is 14.8. The monoisotopic (exact) mass is 434 g/mol. The first-order valence-electron chi connectivity index (χ1n) is 8.45. The van der Waals surface area contributed by atoms with Crippen LogP contribution in [0.4, 0.5) is 0 Å². The van der Waals surface area contributed by atoms with E-state index in [0.717, 1.165) is 29.8 Å². The largest absolute Gasteiger partial charge is 0.472 e. The van der Waals surface area contributed by atoms with Gasteiger partial charge in [0.15, 0.2) is 0 Å². The minimum atomic E-state index is -0.0798. The number of nitrogens with two attached hydrogens (primary N) is 1. The number of piperidine rings is 1. The summed E-state index contributed by atoms with van der Waals surface area (Å²) >= 11 is 1.42. The number of aromatic nitrogens is 1. The standard InChI is InChI=1S/C17H22N4O3S.2ClH/c18-6-4-15(22)19-9-13-3-1-2-7-21(13)17(23)14-11-25-16(20-14)12-5-8-24-10-12;;/h5,8,10-11,13H,1-4,6-7,9,18H2,(H,19,22);2*1H. The Labute approximate surface area is 174 Å². The number of furan rings is 1. The summed E-state index contributed by atoms with van der Waals surface area (Å²) in [5.74, 6) is -0.153. The van der Waals surface area contributed by atoms with Gasteiger partial charge in [-0.3, -0.25) is 9.59 Å². The molecule has 1 aliphatic rings. The van der Waals surface area contributed by atoms with Crippen molar-refractivity contribution in [2.75, 3.05) is 19.6 Å². The number of halogens is 2. The number of thiazole rings is 1. The van der Waals surface area contributed by atoms with Crippen molar-refractivity contribution < 1.29 is 14.0 Å². The van der Waals surface area contributed by atoms with Crippen molar-refractivity contribution in [1.82, 2.24) is 15.2 Å². The number of hydrogen-bond acceptors (Lipinski definition) is 6. The van der Waals surface area contributed by atoms with Crippen LogP contribution in [0.25, 0.3) is 10.6 Å². The summed E-state index contributed by atoms with van der Waals surface area (Å²) in [6, 6.07) is 1.83. The number of carbonyl (C=O) groups excluding carboxylic acids is 2. The lowest BCUT2D eigenvalue weighted by Crippen LogP contribution is -2.49. The molecule has 1 unspecified atom stereocenters. The normalized spacial score (nSPS) is 16.2. The number of nitrogens with one attached hydrogen (secondary N) is 1. The van der Waals surface area contributed by atoms with Crippen LogP contribution in [0.5, 0.6) is 0 Å². The van der Waals surface area contributed by atoms with Crippen LogP contribution in [-0.2, 0) is 4.79 Å². The highest BCUT2D eigenvalue weighted by atomic mass is 35.5. The fourth-order valence-corrected chi connectivity index (χ4v) is 3.75. The van der Waals surface area contributed by atoms with Gasteiger partial charge in [-0.1, -0.05) is 0 Å². The molecule has 27 heavy (non-hydrogen) atoms. The maximum atomic E-state index is 12.9. The summed E-state index contributed by atoms with van der Waals surface area (Å²) in [4.78, 5) is 30.8. The highest BCUT2D eigenvalue weighted by molar-refractivity contribution is 7.13. The van der Waals surface area contributed by atoms with Gasteiger partial charge in [-0.15, -0.1) is 36.2 Å². The van der Waals surface area contributed by atoms with E-state index in [1.165, 1.54) is 11.3 Å². The highest BCUT2D eigenvalue weighted by Gasteiger charge is 2.29. The second kappa shape index (κ2) is 11.3. The molecule has 0 saturated carbocycles. The van der Waals surface area contributed by atoms with E-state index >= 15 is 0 Å². The number of hydrogen-bond donors (Lipinski definition) is 2. The Hall–Kier alpha value is -1.61. The Morgan fingerprint density at radius 3 is 2.89 bits per heavy atom. The first-order chi connectivity index (χ1) is 12.2. The second-order valence-electron chi connectivity index (χ2n) is 6.04. The van der Waals surface area contributed by atoms with Crippen LogP contribution in [0.3, 0.4) is 0 Å². The molecule has 3 N–H and O–H groups in total. The van der Waals surface area contributed by atoms with Crippen LogP contribution < -0.4 is 11.1 Å². The minimum absolute atomic E-state index is 0. The average Bonchev–Trinajstić information content (AvgIpc) is 3.31. The van der Waals surface area contributed by atoms with Gasteiger partial charge < -0.3 is 20.4 Å². The molecule has 10 heteroatoms. The SMILES string of the molecule is Cl.Cl.NCCC(=O)NCC1CCCCN1C(=O)c1csc(-c2ccoc2)n1. The van der Waals surface area contributed by atoms with E-state index < -0.39 is 0 Å². The van der Waals surface area contributed by atoms with Crippen molar-refractivity contribution in [3.63, 3.8) is 0 Å². The van der Waals surface area contributed by atoms with Crippen molar-refractivity contribution in [2.24, 2.45) is 5.73 Å². The van der Waals surface area contributed by atoms with Crippen LogP contribution in [0.1, 0.15) is 36.2 Å². The van der Waals surface area contributed by atoms with Gasteiger partial charge in [-0.25, -0.2) is 4.98 Å². The number of rotatable bonds is 6.